The van der Waals surface area contributed by atoms with Crippen LogP contribution in [-0.4, -0.2) is 38.0 Å². The predicted octanol–water partition coefficient (Wildman–Crippen LogP) is 4.57. The summed E-state index contributed by atoms with van der Waals surface area (Å²) in [4.78, 5) is 4.89. The molecule has 0 amide bonds. The minimum atomic E-state index is -3.64. The van der Waals surface area contributed by atoms with E-state index in [1.807, 2.05) is 55.6 Å². The summed E-state index contributed by atoms with van der Waals surface area (Å²) >= 11 is 1.47. The van der Waals surface area contributed by atoms with Crippen LogP contribution >= 0.6 is 11.3 Å². The van der Waals surface area contributed by atoms with Gasteiger partial charge < -0.3 is 9.47 Å². The molecule has 0 radical (unpaired) electrons. The third kappa shape index (κ3) is 6.36. The highest BCUT2D eigenvalue weighted by molar-refractivity contribution is 7.89. The van der Waals surface area contributed by atoms with Crippen LogP contribution in [0.25, 0.3) is 0 Å². The summed E-state index contributed by atoms with van der Waals surface area (Å²) in [5, 5.41) is 2.70. The maximum atomic E-state index is 13.2. The molecule has 0 saturated heterocycles. The Hall–Kier alpha value is -2.26. The summed E-state index contributed by atoms with van der Waals surface area (Å²) in [6, 6.07) is 14.7. The Bertz CT molecular complexity index is 1080. The molecule has 31 heavy (non-hydrogen) atoms. The minimum absolute atomic E-state index is 0.209. The highest BCUT2D eigenvalue weighted by Gasteiger charge is 2.25. The van der Waals surface area contributed by atoms with Crippen molar-refractivity contribution in [3.8, 4) is 5.75 Å². The molecule has 0 fully saturated rings. The molecule has 166 valence electrons. The molecule has 0 aliphatic carbocycles. The molecule has 2 aromatic carbocycles. The van der Waals surface area contributed by atoms with Crippen LogP contribution in [0.4, 0.5) is 0 Å². The molecule has 3 aromatic rings. The van der Waals surface area contributed by atoms with Crippen molar-refractivity contribution in [2.24, 2.45) is 0 Å². The fourth-order valence-corrected chi connectivity index (χ4v) is 5.20. The lowest BCUT2D eigenvalue weighted by Crippen LogP contribution is -2.32. The lowest BCUT2D eigenvalue weighted by molar-refractivity contribution is 0.186. The first-order valence-corrected chi connectivity index (χ1v) is 12.4. The molecule has 0 unspecified atom stereocenters. The number of ether oxygens (including phenoxy) is 2. The average molecular weight is 461 g/mol. The summed E-state index contributed by atoms with van der Waals surface area (Å²) < 4.78 is 38.9. The molecule has 1 aromatic heterocycles. The smallest absolute Gasteiger partial charge is 0.243 e. The molecule has 8 heteroatoms. The number of benzene rings is 2. The second-order valence-corrected chi connectivity index (χ2v) is 10.2. The van der Waals surface area contributed by atoms with Crippen molar-refractivity contribution in [3.63, 3.8) is 0 Å². The van der Waals surface area contributed by atoms with Crippen molar-refractivity contribution >= 4 is 21.4 Å². The number of sulfonamides is 1. The molecule has 0 N–H and O–H groups in total. The second-order valence-electron chi connectivity index (χ2n) is 7.28. The topological polar surface area (TPSA) is 68.7 Å². The van der Waals surface area contributed by atoms with E-state index in [-0.39, 0.29) is 11.4 Å². The van der Waals surface area contributed by atoms with E-state index in [0.717, 1.165) is 21.9 Å². The van der Waals surface area contributed by atoms with Crippen molar-refractivity contribution in [2.75, 3.05) is 20.3 Å². The third-order valence-electron chi connectivity index (χ3n) is 4.80. The molecule has 3 rings (SSSR count). The van der Waals surface area contributed by atoms with Crippen molar-refractivity contribution in [1.29, 1.82) is 0 Å². The summed E-state index contributed by atoms with van der Waals surface area (Å²) in [6.07, 6.45) is 0.606. The van der Waals surface area contributed by atoms with Gasteiger partial charge in [0.25, 0.3) is 0 Å². The zero-order chi connectivity index (χ0) is 22.3. The zero-order valence-corrected chi connectivity index (χ0v) is 19.7. The first-order valence-electron chi connectivity index (χ1n) is 10.1. The average Bonchev–Trinajstić information content (AvgIpc) is 3.20. The first kappa shape index (κ1) is 23.4. The molecular weight excluding hydrogens is 432 g/mol. The highest BCUT2D eigenvalue weighted by atomic mass is 32.2. The maximum Gasteiger partial charge on any atom is 0.243 e. The summed E-state index contributed by atoms with van der Waals surface area (Å²) in [5.74, 6) is 0.822. The van der Waals surface area contributed by atoms with E-state index in [9.17, 15) is 8.42 Å². The van der Waals surface area contributed by atoms with Crippen LogP contribution in [0.1, 0.15) is 28.2 Å². The number of aryl methyl sites for hydroxylation is 2. The minimum Gasteiger partial charge on any atom is -0.486 e. The number of methoxy groups -OCH3 is 1. The molecule has 0 bridgehead atoms. The molecule has 1 heterocycles. The molecule has 6 nitrogen and oxygen atoms in total. The SMILES string of the molecule is COCCCN(Cc1csc(COc2ccccc2C)n1)S(=O)(=O)c1ccc(C)cc1. The first-order chi connectivity index (χ1) is 14.9. The molecular formula is C23H28N2O4S2. The van der Waals surface area contributed by atoms with Crippen LogP contribution in [-0.2, 0) is 27.9 Å². The number of para-hydroxylation sites is 1. The van der Waals surface area contributed by atoms with E-state index in [2.05, 4.69) is 4.98 Å². The van der Waals surface area contributed by atoms with Crippen LogP contribution in [0.2, 0.25) is 0 Å². The van der Waals surface area contributed by atoms with E-state index >= 15 is 0 Å². The van der Waals surface area contributed by atoms with Gasteiger partial charge in [-0.2, -0.15) is 4.31 Å². The Morgan fingerprint density at radius 1 is 1.06 bits per heavy atom. The number of hydrogen-bond acceptors (Lipinski definition) is 6. The number of aromatic nitrogens is 1. The van der Waals surface area contributed by atoms with Crippen LogP contribution in [0.5, 0.6) is 5.75 Å². The van der Waals surface area contributed by atoms with Crippen molar-refractivity contribution < 1.29 is 17.9 Å². The number of hydrogen-bond donors (Lipinski definition) is 0. The summed E-state index contributed by atoms with van der Waals surface area (Å²) in [5.41, 5.74) is 2.79. The fourth-order valence-electron chi connectivity index (χ4n) is 3.06. The van der Waals surface area contributed by atoms with Gasteiger partial charge >= 0.3 is 0 Å². The fraction of sp³-hybridized carbons (Fsp3) is 0.348. The lowest BCUT2D eigenvalue weighted by atomic mass is 10.2. The molecule has 0 aliphatic heterocycles. The van der Waals surface area contributed by atoms with Gasteiger partial charge in [-0.25, -0.2) is 13.4 Å². The van der Waals surface area contributed by atoms with Crippen LogP contribution in [0, 0.1) is 13.8 Å². The quantitative estimate of drug-likeness (QED) is 0.392. The number of thiazole rings is 1. The summed E-state index contributed by atoms with van der Waals surface area (Å²) in [6.45, 7) is 5.34. The van der Waals surface area contributed by atoms with Gasteiger partial charge in [0.2, 0.25) is 10.0 Å². The van der Waals surface area contributed by atoms with Crippen LogP contribution < -0.4 is 4.74 Å². The Morgan fingerprint density at radius 2 is 1.81 bits per heavy atom. The van der Waals surface area contributed by atoms with E-state index in [4.69, 9.17) is 9.47 Å². The normalized spacial score (nSPS) is 11.7. The van der Waals surface area contributed by atoms with Gasteiger partial charge in [0.15, 0.2) is 0 Å². The zero-order valence-electron chi connectivity index (χ0n) is 18.1. The number of nitrogens with zero attached hydrogens (tertiary/aromatic N) is 2. The largest absolute Gasteiger partial charge is 0.486 e. The van der Waals surface area contributed by atoms with Gasteiger partial charge in [-0.05, 0) is 44.0 Å². The van der Waals surface area contributed by atoms with Crippen molar-refractivity contribution in [2.45, 2.75) is 38.3 Å². The van der Waals surface area contributed by atoms with Gasteiger partial charge in [0, 0.05) is 25.6 Å². The van der Waals surface area contributed by atoms with Crippen molar-refractivity contribution in [3.05, 3.63) is 75.7 Å². The van der Waals surface area contributed by atoms with Gasteiger partial charge in [0.1, 0.15) is 17.4 Å². The van der Waals surface area contributed by atoms with E-state index in [1.54, 1.807) is 19.2 Å². The maximum absolute atomic E-state index is 13.2. The molecule has 0 aliphatic rings. The van der Waals surface area contributed by atoms with Crippen LogP contribution in [0.15, 0.2) is 58.8 Å². The van der Waals surface area contributed by atoms with E-state index in [0.29, 0.717) is 31.9 Å². The Balaban J connectivity index is 1.72. The van der Waals surface area contributed by atoms with Gasteiger partial charge in [-0.1, -0.05) is 35.9 Å². The van der Waals surface area contributed by atoms with Crippen molar-refractivity contribution in [1.82, 2.24) is 9.29 Å². The van der Waals surface area contributed by atoms with Gasteiger partial charge in [0.05, 0.1) is 17.1 Å². The van der Waals surface area contributed by atoms with E-state index in [1.165, 1.54) is 15.6 Å². The molecule has 0 atom stereocenters. The molecule has 0 spiro atoms. The Morgan fingerprint density at radius 3 is 2.52 bits per heavy atom. The Kier molecular flexibility index (Phi) is 8.20. The predicted molar refractivity (Wildman–Crippen MR) is 123 cm³/mol. The van der Waals surface area contributed by atoms with Gasteiger partial charge in [-0.15, -0.1) is 11.3 Å². The standard InChI is InChI=1S/C23H28N2O4S2/c1-18-9-11-21(12-10-18)31(26,27)25(13-6-14-28-3)15-20-17-30-23(24-20)16-29-22-8-5-4-7-19(22)2/h4-5,7-12,17H,6,13-16H2,1-3H3. The second kappa shape index (κ2) is 10.9. The van der Waals surface area contributed by atoms with Crippen LogP contribution in [0.3, 0.4) is 0 Å². The highest BCUT2D eigenvalue weighted by Crippen LogP contribution is 2.22. The van der Waals surface area contributed by atoms with Gasteiger partial charge in [-0.3, -0.25) is 0 Å². The molecule has 0 saturated carbocycles. The lowest BCUT2D eigenvalue weighted by Gasteiger charge is -2.21. The Labute approximate surface area is 188 Å². The summed E-state index contributed by atoms with van der Waals surface area (Å²) in [7, 11) is -2.03. The third-order valence-corrected chi connectivity index (χ3v) is 7.53. The number of rotatable bonds is 11. The van der Waals surface area contributed by atoms with E-state index < -0.39 is 10.0 Å². The monoisotopic (exact) mass is 460 g/mol.